The first-order valence-electron chi connectivity index (χ1n) is 6.69. The molecule has 0 aliphatic carbocycles. The maximum atomic E-state index is 14.7. The van der Waals surface area contributed by atoms with Gasteiger partial charge in [0.2, 0.25) is 0 Å². The van der Waals surface area contributed by atoms with Gasteiger partial charge in [-0.3, -0.25) is 0 Å². The Kier molecular flexibility index (Phi) is 3.20. The minimum atomic E-state index is -3.84. The first kappa shape index (κ1) is 14.4. The van der Waals surface area contributed by atoms with E-state index in [1.165, 1.54) is 12.4 Å². The van der Waals surface area contributed by atoms with Crippen LogP contribution in [-0.2, 0) is 0 Å². The third kappa shape index (κ3) is 1.91. The van der Waals surface area contributed by atoms with Crippen LogP contribution >= 0.6 is 38.5 Å². The number of rotatable bonds is 1. The van der Waals surface area contributed by atoms with Crippen molar-refractivity contribution in [1.82, 2.24) is 4.48 Å². The predicted molar refractivity (Wildman–Crippen MR) is 96.1 cm³/mol. The molecular formula is C15H9BBrF2IN2. The van der Waals surface area contributed by atoms with Crippen LogP contribution in [-0.4, -0.2) is 22.1 Å². The van der Waals surface area contributed by atoms with E-state index in [4.69, 9.17) is 0 Å². The summed E-state index contributed by atoms with van der Waals surface area (Å²) in [5.74, 6) is 0. The fourth-order valence-corrected chi connectivity index (χ4v) is 3.92. The highest BCUT2D eigenvalue weighted by Crippen LogP contribution is 2.40. The third-order valence-electron chi connectivity index (χ3n) is 3.94. The Labute approximate surface area is 148 Å². The molecule has 22 heavy (non-hydrogen) atoms. The molecular weight excluding hydrogens is 464 g/mol. The standard InChI is InChI=1S/C15H9BBrF2IN2/c17-12-6-5-10(20)9-11(12)15-13-3-1-7-21(13)16(18,19)22-8-2-4-14(15)22/h1-9H. The van der Waals surface area contributed by atoms with Crippen LogP contribution in [0.5, 0.6) is 0 Å². The summed E-state index contributed by atoms with van der Waals surface area (Å²) in [5.41, 5.74) is 2.81. The van der Waals surface area contributed by atoms with Gasteiger partial charge in [-0.2, -0.15) is 0 Å². The Hall–Kier alpha value is -1.22. The van der Waals surface area contributed by atoms with E-state index >= 15 is 0 Å². The minimum Gasteiger partial charge on any atom is -0.396 e. The molecule has 1 aromatic heterocycles. The smallest absolute Gasteiger partial charge is 0.396 e. The second kappa shape index (κ2) is 4.89. The van der Waals surface area contributed by atoms with E-state index in [2.05, 4.69) is 38.5 Å². The quantitative estimate of drug-likeness (QED) is 0.426. The van der Waals surface area contributed by atoms with Gasteiger partial charge >= 0.3 is 6.97 Å². The summed E-state index contributed by atoms with van der Waals surface area (Å²) in [5, 5.41) is 0. The molecule has 0 saturated heterocycles. The highest BCUT2D eigenvalue weighted by atomic mass is 127. The van der Waals surface area contributed by atoms with Gasteiger partial charge in [0.25, 0.3) is 0 Å². The lowest BCUT2D eigenvalue weighted by Crippen LogP contribution is -2.49. The summed E-state index contributed by atoms with van der Waals surface area (Å²) in [6.45, 7) is -3.84. The number of nitrogens with zero attached hydrogens (tertiary/aromatic N) is 2. The van der Waals surface area contributed by atoms with Gasteiger partial charge in [-0.05, 0) is 59.1 Å². The molecule has 0 unspecified atom stereocenters. The second-order valence-corrected chi connectivity index (χ2v) is 7.29. The fraction of sp³-hybridized carbons (Fsp3) is 0. The minimum absolute atomic E-state index is 0.541. The fourth-order valence-electron chi connectivity index (χ4n) is 2.98. The molecule has 7 heteroatoms. The highest BCUT2D eigenvalue weighted by molar-refractivity contribution is 14.1. The second-order valence-electron chi connectivity index (χ2n) is 5.19. The van der Waals surface area contributed by atoms with Crippen molar-refractivity contribution in [3.05, 3.63) is 73.7 Å². The van der Waals surface area contributed by atoms with Crippen LogP contribution < -0.4 is 0 Å². The van der Waals surface area contributed by atoms with Crippen LogP contribution in [0.4, 0.5) is 8.63 Å². The zero-order valence-electron chi connectivity index (χ0n) is 11.2. The third-order valence-corrected chi connectivity index (χ3v) is 5.30. The van der Waals surface area contributed by atoms with Crippen molar-refractivity contribution in [3.8, 4) is 0 Å². The van der Waals surface area contributed by atoms with Gasteiger partial charge < -0.3 is 17.6 Å². The molecule has 1 aromatic carbocycles. The summed E-state index contributed by atoms with van der Waals surface area (Å²) in [6, 6.07) is 9.34. The number of hydrogen-bond donors (Lipinski definition) is 0. The van der Waals surface area contributed by atoms with Gasteiger partial charge in [0.15, 0.2) is 5.70 Å². The van der Waals surface area contributed by atoms with Crippen LogP contribution in [0.15, 0.2) is 58.9 Å². The maximum absolute atomic E-state index is 14.7. The molecule has 0 radical (unpaired) electrons. The maximum Gasteiger partial charge on any atom is 0.737 e. The van der Waals surface area contributed by atoms with Crippen molar-refractivity contribution < 1.29 is 13.1 Å². The molecule has 0 fully saturated rings. The molecule has 2 aliphatic heterocycles. The number of hydrogen-bond acceptors (Lipinski definition) is 0. The molecule has 0 N–H and O–H groups in total. The summed E-state index contributed by atoms with van der Waals surface area (Å²) in [7, 11) is 0. The van der Waals surface area contributed by atoms with Crippen molar-refractivity contribution in [2.75, 3.05) is 0 Å². The van der Waals surface area contributed by atoms with Gasteiger partial charge in [-0.15, -0.1) is 0 Å². The van der Waals surface area contributed by atoms with Crippen LogP contribution in [0, 0.1) is 3.57 Å². The number of benzene rings is 1. The Morgan fingerprint density at radius 3 is 2.86 bits per heavy atom. The van der Waals surface area contributed by atoms with Gasteiger partial charge in [0.1, 0.15) is 6.21 Å². The Balaban J connectivity index is 2.09. The molecule has 4 rings (SSSR count). The lowest BCUT2D eigenvalue weighted by atomic mass is 9.86. The van der Waals surface area contributed by atoms with Crippen molar-refractivity contribution >= 4 is 57.3 Å². The predicted octanol–water partition coefficient (Wildman–Crippen LogP) is 4.50. The molecule has 2 aliphatic rings. The molecule has 2 aromatic rings. The van der Waals surface area contributed by atoms with E-state index in [9.17, 15) is 8.63 Å². The van der Waals surface area contributed by atoms with Crippen molar-refractivity contribution in [1.29, 1.82) is 0 Å². The normalized spacial score (nSPS) is 18.3. The lowest BCUT2D eigenvalue weighted by Gasteiger charge is -2.31. The van der Waals surface area contributed by atoms with Crippen LogP contribution in [0.25, 0.3) is 5.57 Å². The van der Waals surface area contributed by atoms with Crippen molar-refractivity contribution in [2.24, 2.45) is 0 Å². The Morgan fingerprint density at radius 2 is 2.05 bits per heavy atom. The van der Waals surface area contributed by atoms with E-state index in [0.717, 1.165) is 28.1 Å². The van der Waals surface area contributed by atoms with Gasteiger partial charge in [0, 0.05) is 31.5 Å². The van der Waals surface area contributed by atoms with E-state index < -0.39 is 6.97 Å². The summed E-state index contributed by atoms with van der Waals surface area (Å²) >= 11 is 5.78. The summed E-state index contributed by atoms with van der Waals surface area (Å²) in [4.78, 5) is 0. The van der Waals surface area contributed by atoms with Crippen molar-refractivity contribution in [2.45, 2.75) is 0 Å². The van der Waals surface area contributed by atoms with Gasteiger partial charge in [-0.25, -0.2) is 0 Å². The van der Waals surface area contributed by atoms with Crippen LogP contribution in [0.2, 0.25) is 0 Å². The molecule has 3 heterocycles. The lowest BCUT2D eigenvalue weighted by molar-refractivity contribution is -0.356. The first-order chi connectivity index (χ1) is 10.5. The van der Waals surface area contributed by atoms with Crippen LogP contribution in [0.3, 0.4) is 0 Å². The number of aromatic nitrogens is 1. The number of allylic oxidation sites excluding steroid dienone is 2. The first-order valence-corrected chi connectivity index (χ1v) is 8.56. The average Bonchev–Trinajstić information content (AvgIpc) is 3.12. The SMILES string of the molecule is F[B-]1(F)n2cccc2C(c2cc(I)ccc2Br)=C2C=CC=[N+]21. The van der Waals surface area contributed by atoms with Gasteiger partial charge in [-0.1, -0.05) is 15.9 Å². The molecule has 0 saturated carbocycles. The average molecular weight is 473 g/mol. The largest absolute Gasteiger partial charge is 0.737 e. The van der Waals surface area contributed by atoms with E-state index in [-0.39, 0.29) is 0 Å². The molecule has 110 valence electrons. The summed E-state index contributed by atoms with van der Waals surface area (Å²) in [6.07, 6.45) is 6.30. The monoisotopic (exact) mass is 472 g/mol. The molecule has 0 bridgehead atoms. The molecule has 0 amide bonds. The zero-order chi connectivity index (χ0) is 15.5. The Morgan fingerprint density at radius 1 is 1.23 bits per heavy atom. The zero-order valence-corrected chi connectivity index (χ0v) is 14.9. The summed E-state index contributed by atoms with van der Waals surface area (Å²) < 4.78 is 33.5. The molecule has 2 nitrogen and oxygen atoms in total. The van der Waals surface area contributed by atoms with E-state index in [1.807, 2.05) is 18.2 Å². The number of fused-ring (bicyclic) bond motifs is 2. The highest BCUT2D eigenvalue weighted by Gasteiger charge is 2.51. The van der Waals surface area contributed by atoms with E-state index in [1.54, 1.807) is 24.3 Å². The Bertz CT molecular complexity index is 899. The van der Waals surface area contributed by atoms with E-state index in [0.29, 0.717) is 11.4 Å². The number of halogens is 4. The molecule has 0 atom stereocenters. The van der Waals surface area contributed by atoms with Crippen LogP contribution in [0.1, 0.15) is 11.3 Å². The van der Waals surface area contributed by atoms with Gasteiger partial charge in [0.05, 0.1) is 5.57 Å². The molecule has 0 spiro atoms. The van der Waals surface area contributed by atoms with Crippen molar-refractivity contribution in [3.63, 3.8) is 0 Å². The topological polar surface area (TPSA) is 7.94 Å².